The first kappa shape index (κ1) is 16.1. The van der Waals surface area contributed by atoms with Crippen LogP contribution in [0.25, 0.3) is 11.5 Å². The number of pyridine rings is 1. The molecular weight excluding hydrogens is 286 g/mol. The largest absolute Gasteiger partial charge is 0.483 e. The Bertz CT molecular complexity index is 614. The van der Waals surface area contributed by atoms with Gasteiger partial charge < -0.3 is 19.5 Å². The summed E-state index contributed by atoms with van der Waals surface area (Å²) in [5, 5.41) is 17.0. The van der Waals surface area contributed by atoms with E-state index >= 15 is 0 Å². The molecule has 0 amide bonds. The lowest BCUT2D eigenvalue weighted by molar-refractivity contribution is -0.122. The highest BCUT2D eigenvalue weighted by Gasteiger charge is 2.27. The first-order chi connectivity index (χ1) is 10.7. The van der Waals surface area contributed by atoms with E-state index in [4.69, 9.17) is 14.6 Å². The highest BCUT2D eigenvalue weighted by Crippen LogP contribution is 2.25. The molecule has 1 fully saturated rings. The lowest BCUT2D eigenvalue weighted by Gasteiger charge is -2.29. The van der Waals surface area contributed by atoms with Crippen molar-refractivity contribution >= 4 is 6.47 Å². The van der Waals surface area contributed by atoms with Gasteiger partial charge >= 0.3 is 0 Å². The Balaban J connectivity index is 0.000000545. The predicted molar refractivity (Wildman–Crippen MR) is 79.4 cm³/mol. The number of aliphatic hydroxyl groups is 1. The van der Waals surface area contributed by atoms with E-state index < -0.39 is 6.10 Å². The molecule has 1 saturated heterocycles. The second-order valence-electron chi connectivity index (χ2n) is 4.93. The van der Waals surface area contributed by atoms with Crippen LogP contribution >= 0.6 is 0 Å². The van der Waals surface area contributed by atoms with Crippen LogP contribution in [0.4, 0.5) is 0 Å². The number of hydrogen-bond donors (Lipinski definition) is 2. The molecule has 118 valence electrons. The molecule has 22 heavy (non-hydrogen) atoms. The van der Waals surface area contributed by atoms with Crippen molar-refractivity contribution < 1.29 is 19.7 Å². The average molecular weight is 305 g/mol. The Kier molecular flexibility index (Phi) is 5.62. The van der Waals surface area contributed by atoms with Gasteiger partial charge in [0.15, 0.2) is 5.82 Å². The Morgan fingerprint density at radius 3 is 2.91 bits per heavy atom. The van der Waals surface area contributed by atoms with Gasteiger partial charge in [0.05, 0.1) is 18.8 Å². The van der Waals surface area contributed by atoms with Crippen LogP contribution in [0.1, 0.15) is 18.2 Å². The van der Waals surface area contributed by atoms with Gasteiger partial charge in [0.1, 0.15) is 5.69 Å². The molecule has 2 atom stereocenters. The third-order valence-electron chi connectivity index (χ3n) is 3.43. The van der Waals surface area contributed by atoms with Gasteiger partial charge in [-0.15, -0.1) is 0 Å². The molecule has 0 unspecified atom stereocenters. The van der Waals surface area contributed by atoms with Crippen molar-refractivity contribution in [2.24, 2.45) is 0 Å². The van der Waals surface area contributed by atoms with E-state index in [1.54, 1.807) is 6.20 Å². The van der Waals surface area contributed by atoms with E-state index in [-0.39, 0.29) is 12.5 Å². The molecule has 0 aliphatic carbocycles. The molecule has 7 nitrogen and oxygen atoms in total. The number of aliphatic hydroxyl groups excluding tert-OH is 1. The third kappa shape index (κ3) is 3.69. The lowest BCUT2D eigenvalue weighted by Crippen LogP contribution is -2.34. The number of imidazole rings is 1. The number of ether oxygens (including phenoxy) is 1. The number of rotatable bonds is 2. The first-order valence-electron chi connectivity index (χ1n) is 6.98. The van der Waals surface area contributed by atoms with Gasteiger partial charge in [0, 0.05) is 24.7 Å². The number of aromatic nitrogens is 3. The van der Waals surface area contributed by atoms with Gasteiger partial charge in [0.2, 0.25) is 0 Å². The SMILES string of the molecule is Cc1cccc(-c2nccn2[C@@H]2COCC[C@H]2O)n1.O=CO. The lowest BCUT2D eigenvalue weighted by atomic mass is 10.1. The minimum Gasteiger partial charge on any atom is -0.483 e. The summed E-state index contributed by atoms with van der Waals surface area (Å²) in [6.07, 6.45) is 3.87. The summed E-state index contributed by atoms with van der Waals surface area (Å²) in [5.74, 6) is 0.776. The van der Waals surface area contributed by atoms with Crippen molar-refractivity contribution in [3.63, 3.8) is 0 Å². The molecule has 3 heterocycles. The summed E-state index contributed by atoms with van der Waals surface area (Å²) < 4.78 is 7.43. The molecule has 0 spiro atoms. The molecule has 3 rings (SSSR count). The van der Waals surface area contributed by atoms with Gasteiger partial charge in [-0.25, -0.2) is 9.97 Å². The number of carbonyl (C=O) groups is 1. The molecule has 0 radical (unpaired) electrons. The fourth-order valence-corrected chi connectivity index (χ4v) is 2.42. The van der Waals surface area contributed by atoms with Crippen molar-refractivity contribution in [1.29, 1.82) is 0 Å². The van der Waals surface area contributed by atoms with Crippen molar-refractivity contribution in [3.8, 4) is 11.5 Å². The van der Waals surface area contributed by atoms with Gasteiger partial charge in [-0.05, 0) is 25.5 Å². The minimum atomic E-state index is -0.397. The van der Waals surface area contributed by atoms with Crippen molar-refractivity contribution in [2.75, 3.05) is 13.2 Å². The molecule has 0 bridgehead atoms. The molecule has 2 aromatic heterocycles. The fraction of sp³-hybridized carbons (Fsp3) is 0.400. The van der Waals surface area contributed by atoms with E-state index in [9.17, 15) is 5.11 Å². The molecule has 1 aliphatic heterocycles. The minimum absolute atomic E-state index is 0.0893. The zero-order valence-electron chi connectivity index (χ0n) is 12.3. The van der Waals surface area contributed by atoms with Crippen molar-refractivity contribution in [1.82, 2.24) is 14.5 Å². The van der Waals surface area contributed by atoms with Crippen LogP contribution < -0.4 is 0 Å². The van der Waals surface area contributed by atoms with Crippen LogP contribution in [0.5, 0.6) is 0 Å². The summed E-state index contributed by atoms with van der Waals surface area (Å²) >= 11 is 0. The maximum atomic E-state index is 10.1. The Morgan fingerprint density at radius 2 is 2.23 bits per heavy atom. The third-order valence-corrected chi connectivity index (χ3v) is 3.43. The normalized spacial score (nSPS) is 20.8. The van der Waals surface area contributed by atoms with Gasteiger partial charge in [-0.1, -0.05) is 6.07 Å². The summed E-state index contributed by atoms with van der Waals surface area (Å²) in [6.45, 7) is 2.83. The summed E-state index contributed by atoms with van der Waals surface area (Å²) in [6, 6.07) is 5.76. The van der Waals surface area contributed by atoms with Gasteiger partial charge in [0.25, 0.3) is 6.47 Å². The second-order valence-corrected chi connectivity index (χ2v) is 4.93. The second kappa shape index (κ2) is 7.67. The van der Waals surface area contributed by atoms with Crippen LogP contribution in [0.2, 0.25) is 0 Å². The molecule has 1 aliphatic rings. The Morgan fingerprint density at radius 1 is 1.45 bits per heavy atom. The molecule has 7 heteroatoms. The summed E-state index contributed by atoms with van der Waals surface area (Å²) in [5.41, 5.74) is 1.77. The number of carboxylic acid groups (broad SMARTS) is 1. The summed E-state index contributed by atoms with van der Waals surface area (Å²) in [4.78, 5) is 17.2. The number of hydrogen-bond acceptors (Lipinski definition) is 5. The molecule has 2 aromatic rings. The number of nitrogens with zero attached hydrogens (tertiary/aromatic N) is 3. The van der Waals surface area contributed by atoms with Gasteiger partial charge in [-0.2, -0.15) is 0 Å². The first-order valence-corrected chi connectivity index (χ1v) is 6.98. The van der Waals surface area contributed by atoms with Crippen LogP contribution in [-0.2, 0) is 9.53 Å². The standard InChI is InChI=1S/C14H17N3O2.CH2O2/c1-10-3-2-4-11(16-10)14-15-6-7-17(14)12-9-19-8-5-13(12)18;2-1-3/h2-4,6-7,12-13,18H,5,8-9H2,1H3;1H,(H,2,3)/t12-,13-;/m1./s1. The molecule has 0 saturated carbocycles. The molecule has 0 aromatic carbocycles. The summed E-state index contributed by atoms with van der Waals surface area (Å²) in [7, 11) is 0. The van der Waals surface area contributed by atoms with E-state index in [0.717, 1.165) is 17.2 Å². The monoisotopic (exact) mass is 305 g/mol. The van der Waals surface area contributed by atoms with Gasteiger partial charge in [-0.3, -0.25) is 4.79 Å². The van der Waals surface area contributed by atoms with Crippen LogP contribution in [0, 0.1) is 6.92 Å². The molecule has 2 N–H and O–H groups in total. The topological polar surface area (TPSA) is 97.5 Å². The fourth-order valence-electron chi connectivity index (χ4n) is 2.42. The number of aryl methyl sites for hydroxylation is 1. The Hall–Kier alpha value is -2.25. The smallest absolute Gasteiger partial charge is 0.290 e. The van der Waals surface area contributed by atoms with E-state index in [2.05, 4.69) is 9.97 Å². The predicted octanol–water partition coefficient (Wildman–Crippen LogP) is 1.28. The van der Waals surface area contributed by atoms with E-state index in [1.807, 2.05) is 35.9 Å². The van der Waals surface area contributed by atoms with E-state index in [1.165, 1.54) is 0 Å². The zero-order valence-corrected chi connectivity index (χ0v) is 12.3. The quantitative estimate of drug-likeness (QED) is 0.811. The van der Waals surface area contributed by atoms with Crippen LogP contribution in [0.3, 0.4) is 0 Å². The maximum Gasteiger partial charge on any atom is 0.290 e. The molecular formula is C15H19N3O4. The highest BCUT2D eigenvalue weighted by atomic mass is 16.5. The zero-order chi connectivity index (χ0) is 15.9. The van der Waals surface area contributed by atoms with Crippen molar-refractivity contribution in [2.45, 2.75) is 25.5 Å². The average Bonchev–Trinajstić information content (AvgIpc) is 2.98. The highest BCUT2D eigenvalue weighted by molar-refractivity contribution is 5.50. The van der Waals surface area contributed by atoms with E-state index in [0.29, 0.717) is 19.6 Å². The van der Waals surface area contributed by atoms with Crippen molar-refractivity contribution in [3.05, 3.63) is 36.3 Å². The van der Waals surface area contributed by atoms with Crippen LogP contribution in [-0.4, -0.2) is 50.5 Å². The maximum absolute atomic E-state index is 10.1. The Labute approximate surface area is 128 Å². The van der Waals surface area contributed by atoms with Crippen LogP contribution in [0.15, 0.2) is 30.6 Å².